The standard InChI is InChI=1S/C16H24ClNO2S/c1-13-14(12-17)8-7-11-16(13)21(19,20)18(2)15-9-5-3-4-6-10-15/h7-8,11,15H,3-6,9-10,12H2,1-2H3. The molecule has 1 aromatic carbocycles. The highest BCUT2D eigenvalue weighted by Gasteiger charge is 2.29. The first kappa shape index (κ1) is 16.8. The molecule has 1 fully saturated rings. The van der Waals surface area contributed by atoms with Crippen LogP contribution in [-0.4, -0.2) is 25.8 Å². The van der Waals surface area contributed by atoms with Crippen molar-refractivity contribution in [1.29, 1.82) is 0 Å². The van der Waals surface area contributed by atoms with Crippen LogP contribution in [0.25, 0.3) is 0 Å². The van der Waals surface area contributed by atoms with Gasteiger partial charge in [0.05, 0.1) is 4.90 Å². The third-order valence-electron chi connectivity index (χ3n) is 4.54. The van der Waals surface area contributed by atoms with E-state index in [2.05, 4.69) is 0 Å². The molecule has 21 heavy (non-hydrogen) atoms. The Morgan fingerprint density at radius 1 is 1.19 bits per heavy atom. The van der Waals surface area contributed by atoms with Crippen molar-refractivity contribution >= 4 is 21.6 Å². The van der Waals surface area contributed by atoms with E-state index in [1.54, 1.807) is 23.5 Å². The van der Waals surface area contributed by atoms with Gasteiger partial charge < -0.3 is 0 Å². The predicted molar refractivity (Wildman–Crippen MR) is 87.2 cm³/mol. The minimum absolute atomic E-state index is 0.122. The van der Waals surface area contributed by atoms with E-state index in [1.807, 2.05) is 13.0 Å². The Labute approximate surface area is 133 Å². The maximum atomic E-state index is 12.9. The molecule has 0 heterocycles. The summed E-state index contributed by atoms with van der Waals surface area (Å²) in [5, 5.41) is 0. The quantitative estimate of drug-likeness (QED) is 0.616. The summed E-state index contributed by atoms with van der Waals surface area (Å²) >= 11 is 5.90. The van der Waals surface area contributed by atoms with Gasteiger partial charge in [-0.05, 0) is 37.0 Å². The molecule has 1 aliphatic rings. The largest absolute Gasteiger partial charge is 0.243 e. The third-order valence-corrected chi connectivity index (χ3v) is 6.88. The van der Waals surface area contributed by atoms with E-state index in [-0.39, 0.29) is 6.04 Å². The van der Waals surface area contributed by atoms with Crippen molar-refractivity contribution in [2.45, 2.75) is 62.3 Å². The second-order valence-electron chi connectivity index (χ2n) is 5.84. The van der Waals surface area contributed by atoms with Gasteiger partial charge in [0.15, 0.2) is 0 Å². The zero-order chi connectivity index (χ0) is 15.5. The molecule has 0 amide bonds. The molecule has 0 N–H and O–H groups in total. The molecule has 0 aliphatic heterocycles. The number of benzene rings is 1. The lowest BCUT2D eigenvalue weighted by Gasteiger charge is -2.27. The number of hydrogen-bond donors (Lipinski definition) is 0. The Morgan fingerprint density at radius 3 is 2.38 bits per heavy atom. The maximum absolute atomic E-state index is 12.9. The first-order chi connectivity index (χ1) is 9.98. The molecule has 0 atom stereocenters. The highest BCUT2D eigenvalue weighted by atomic mass is 35.5. The molecule has 5 heteroatoms. The van der Waals surface area contributed by atoms with Crippen molar-refractivity contribution in [1.82, 2.24) is 4.31 Å². The molecule has 1 aromatic rings. The number of nitrogens with zero attached hydrogens (tertiary/aromatic N) is 1. The first-order valence-electron chi connectivity index (χ1n) is 7.61. The van der Waals surface area contributed by atoms with Gasteiger partial charge in [0.1, 0.15) is 0 Å². The Bertz CT molecular complexity index is 578. The number of halogens is 1. The molecular weight excluding hydrogens is 306 g/mol. The summed E-state index contributed by atoms with van der Waals surface area (Å²) in [7, 11) is -1.72. The van der Waals surface area contributed by atoms with Crippen LogP contribution in [-0.2, 0) is 15.9 Å². The molecule has 0 bridgehead atoms. The van der Waals surface area contributed by atoms with Crippen LogP contribution >= 0.6 is 11.6 Å². The van der Waals surface area contributed by atoms with Gasteiger partial charge in [-0.15, -0.1) is 11.6 Å². The Morgan fingerprint density at radius 2 is 1.81 bits per heavy atom. The van der Waals surface area contributed by atoms with Crippen LogP contribution < -0.4 is 0 Å². The molecule has 0 spiro atoms. The van der Waals surface area contributed by atoms with Crippen LogP contribution in [0.15, 0.2) is 23.1 Å². The summed E-state index contributed by atoms with van der Waals surface area (Å²) in [6.07, 6.45) is 6.58. The van der Waals surface area contributed by atoms with E-state index in [0.717, 1.165) is 36.8 Å². The molecule has 0 aromatic heterocycles. The van der Waals surface area contributed by atoms with Gasteiger partial charge in [-0.25, -0.2) is 8.42 Å². The molecule has 1 aliphatic carbocycles. The molecule has 0 unspecified atom stereocenters. The summed E-state index contributed by atoms with van der Waals surface area (Å²) in [6.45, 7) is 1.84. The van der Waals surface area contributed by atoms with Gasteiger partial charge >= 0.3 is 0 Å². The fourth-order valence-electron chi connectivity index (χ4n) is 3.06. The Kier molecular flexibility index (Phi) is 5.69. The Balaban J connectivity index is 2.32. The highest BCUT2D eigenvalue weighted by Crippen LogP contribution is 2.28. The van der Waals surface area contributed by atoms with Crippen LogP contribution in [0.3, 0.4) is 0 Å². The lowest BCUT2D eigenvalue weighted by atomic mass is 10.1. The number of sulfonamides is 1. The van der Waals surface area contributed by atoms with Crippen molar-refractivity contribution in [2.24, 2.45) is 0 Å². The summed E-state index contributed by atoms with van der Waals surface area (Å²) in [5.74, 6) is 0.336. The smallest absolute Gasteiger partial charge is 0.207 e. The number of alkyl halides is 1. The van der Waals surface area contributed by atoms with Crippen molar-refractivity contribution in [3.05, 3.63) is 29.3 Å². The van der Waals surface area contributed by atoms with Gasteiger partial charge in [0, 0.05) is 19.0 Å². The molecule has 2 rings (SSSR count). The monoisotopic (exact) mass is 329 g/mol. The second kappa shape index (κ2) is 7.12. The lowest BCUT2D eigenvalue weighted by Crippen LogP contribution is -2.37. The van der Waals surface area contributed by atoms with E-state index < -0.39 is 10.0 Å². The zero-order valence-electron chi connectivity index (χ0n) is 12.8. The second-order valence-corrected chi connectivity index (χ2v) is 8.07. The van der Waals surface area contributed by atoms with Crippen molar-refractivity contribution in [2.75, 3.05) is 7.05 Å². The maximum Gasteiger partial charge on any atom is 0.243 e. The summed E-state index contributed by atoms with van der Waals surface area (Å²) < 4.78 is 27.4. The van der Waals surface area contributed by atoms with E-state index >= 15 is 0 Å². The van der Waals surface area contributed by atoms with E-state index in [9.17, 15) is 8.42 Å². The third kappa shape index (κ3) is 3.61. The van der Waals surface area contributed by atoms with Crippen LogP contribution in [0.1, 0.15) is 49.7 Å². The normalized spacial score (nSPS) is 17.9. The molecule has 118 valence electrons. The molecule has 3 nitrogen and oxygen atoms in total. The van der Waals surface area contributed by atoms with Crippen molar-refractivity contribution in [3.63, 3.8) is 0 Å². The van der Waals surface area contributed by atoms with Crippen LogP contribution in [0.4, 0.5) is 0 Å². The molecule has 0 radical (unpaired) electrons. The van der Waals surface area contributed by atoms with Crippen LogP contribution in [0.5, 0.6) is 0 Å². The Hall–Kier alpha value is -0.580. The molecule has 0 saturated heterocycles. The summed E-state index contributed by atoms with van der Waals surface area (Å²) in [5.41, 5.74) is 1.65. The van der Waals surface area contributed by atoms with Gasteiger partial charge in [-0.1, -0.05) is 37.8 Å². The molecule has 1 saturated carbocycles. The van der Waals surface area contributed by atoms with Crippen LogP contribution in [0.2, 0.25) is 0 Å². The van der Waals surface area contributed by atoms with Crippen molar-refractivity contribution < 1.29 is 8.42 Å². The summed E-state index contributed by atoms with van der Waals surface area (Å²) in [6, 6.07) is 5.47. The average molecular weight is 330 g/mol. The molecular formula is C16H24ClNO2S. The minimum atomic E-state index is -3.44. The lowest BCUT2D eigenvalue weighted by molar-refractivity contribution is 0.335. The van der Waals surface area contributed by atoms with Crippen molar-refractivity contribution in [3.8, 4) is 0 Å². The zero-order valence-corrected chi connectivity index (χ0v) is 14.4. The first-order valence-corrected chi connectivity index (χ1v) is 9.58. The predicted octanol–water partition coefficient (Wildman–Crippen LogP) is 4.08. The average Bonchev–Trinajstić information content (AvgIpc) is 2.75. The topological polar surface area (TPSA) is 37.4 Å². The summed E-state index contributed by atoms with van der Waals surface area (Å²) in [4.78, 5) is 0.396. The van der Waals surface area contributed by atoms with Gasteiger partial charge in [0.2, 0.25) is 10.0 Å². The van der Waals surface area contributed by atoms with E-state index in [1.165, 1.54) is 12.8 Å². The van der Waals surface area contributed by atoms with E-state index in [4.69, 9.17) is 11.6 Å². The minimum Gasteiger partial charge on any atom is -0.207 e. The fraction of sp³-hybridized carbons (Fsp3) is 0.625. The highest BCUT2D eigenvalue weighted by molar-refractivity contribution is 7.89. The number of rotatable bonds is 4. The van der Waals surface area contributed by atoms with Gasteiger partial charge in [0.25, 0.3) is 0 Å². The SMILES string of the molecule is Cc1c(CCl)cccc1S(=O)(=O)N(C)C1CCCCCC1. The van der Waals surface area contributed by atoms with Gasteiger partial charge in [-0.3, -0.25) is 0 Å². The van der Waals surface area contributed by atoms with Gasteiger partial charge in [-0.2, -0.15) is 4.31 Å². The fourth-order valence-corrected chi connectivity index (χ4v) is 5.03. The van der Waals surface area contributed by atoms with Crippen LogP contribution in [0, 0.1) is 6.92 Å². The number of hydrogen-bond acceptors (Lipinski definition) is 2. The van der Waals surface area contributed by atoms with E-state index in [0.29, 0.717) is 10.8 Å².